The van der Waals surface area contributed by atoms with E-state index >= 15 is 0 Å². The monoisotopic (exact) mass is 405 g/mol. The minimum atomic E-state index is -0.0234. The molecule has 4 heterocycles. The Balaban J connectivity index is 1.43. The first kappa shape index (κ1) is 18.5. The van der Waals surface area contributed by atoms with Crippen LogP contribution >= 0.6 is 0 Å². The summed E-state index contributed by atoms with van der Waals surface area (Å²) in [5, 5.41) is 0.830. The first-order chi connectivity index (χ1) is 14.6. The van der Waals surface area contributed by atoms with Gasteiger partial charge in [-0.1, -0.05) is 0 Å². The molecule has 3 aromatic heterocycles. The molecule has 8 heteroatoms. The number of aromatic amines is 1. The highest BCUT2D eigenvalue weighted by atomic mass is 16.5. The number of pyridine rings is 1. The Hall–Kier alpha value is -3.55. The molecule has 1 saturated heterocycles. The fourth-order valence-electron chi connectivity index (χ4n) is 4.43. The maximum Gasteiger partial charge on any atom is 0.270 e. The first-order valence-electron chi connectivity index (χ1n) is 9.93. The maximum atomic E-state index is 13.2. The minimum Gasteiger partial charge on any atom is -0.493 e. The first-order valence-corrected chi connectivity index (χ1v) is 9.93. The number of nitrogens with zero attached hydrogens (tertiary/aromatic N) is 4. The van der Waals surface area contributed by atoms with Gasteiger partial charge in [0.2, 0.25) is 0 Å². The Kier molecular flexibility index (Phi) is 4.34. The summed E-state index contributed by atoms with van der Waals surface area (Å²) < 4.78 is 13.0. The summed E-state index contributed by atoms with van der Waals surface area (Å²) in [5.41, 5.74) is 3.14. The number of carbonyl (C=O) groups excluding carboxylic acids is 1. The van der Waals surface area contributed by atoms with Crippen LogP contribution in [0.3, 0.4) is 0 Å². The third kappa shape index (κ3) is 2.79. The van der Waals surface area contributed by atoms with Gasteiger partial charge in [0.25, 0.3) is 5.91 Å². The number of hydrogen-bond acceptors (Lipinski definition) is 5. The molecular weight excluding hydrogens is 382 g/mol. The molecule has 1 fully saturated rings. The highest BCUT2D eigenvalue weighted by Crippen LogP contribution is 2.36. The number of imidazole rings is 1. The van der Waals surface area contributed by atoms with Gasteiger partial charge in [0.15, 0.2) is 17.1 Å². The van der Waals surface area contributed by atoms with Crippen molar-refractivity contribution < 1.29 is 14.3 Å². The Morgan fingerprint density at radius 2 is 2.10 bits per heavy atom. The molecule has 0 bridgehead atoms. The SMILES string of the molecule is COc1ccc2[nH]c(C(=O)N3CC[C@@H](n4c(C)nc5cccnc54)C3)cc2c1OC. The molecule has 154 valence electrons. The zero-order valence-electron chi connectivity index (χ0n) is 17.2. The second kappa shape index (κ2) is 7.05. The van der Waals surface area contributed by atoms with E-state index in [1.54, 1.807) is 20.4 Å². The molecule has 1 N–H and O–H groups in total. The van der Waals surface area contributed by atoms with Crippen LogP contribution in [0, 0.1) is 6.92 Å². The molecular formula is C22H23N5O3. The van der Waals surface area contributed by atoms with Crippen LogP contribution in [-0.2, 0) is 0 Å². The Morgan fingerprint density at radius 1 is 1.23 bits per heavy atom. The Morgan fingerprint density at radius 3 is 2.90 bits per heavy atom. The van der Waals surface area contributed by atoms with Crippen molar-refractivity contribution in [3.8, 4) is 11.5 Å². The van der Waals surface area contributed by atoms with Crippen LogP contribution in [0.15, 0.2) is 36.5 Å². The Bertz CT molecular complexity index is 1260. The number of benzene rings is 1. The van der Waals surface area contributed by atoms with Crippen molar-refractivity contribution in [3.05, 3.63) is 48.0 Å². The van der Waals surface area contributed by atoms with E-state index in [1.165, 1.54) is 0 Å². The van der Waals surface area contributed by atoms with Crippen LogP contribution in [0.5, 0.6) is 11.5 Å². The molecule has 8 nitrogen and oxygen atoms in total. The van der Waals surface area contributed by atoms with Gasteiger partial charge in [-0.05, 0) is 43.7 Å². The van der Waals surface area contributed by atoms with E-state index in [9.17, 15) is 4.79 Å². The summed E-state index contributed by atoms with van der Waals surface area (Å²) in [6, 6.07) is 9.59. The number of methoxy groups -OCH3 is 2. The number of nitrogens with one attached hydrogen (secondary N) is 1. The molecule has 1 atom stereocenters. The molecule has 0 saturated carbocycles. The lowest BCUT2D eigenvalue weighted by Gasteiger charge is -2.17. The number of aryl methyl sites for hydroxylation is 1. The normalized spacial score (nSPS) is 16.5. The maximum absolute atomic E-state index is 13.2. The molecule has 1 aromatic carbocycles. The zero-order valence-corrected chi connectivity index (χ0v) is 17.2. The number of ether oxygens (including phenoxy) is 2. The van der Waals surface area contributed by atoms with E-state index in [0.29, 0.717) is 30.3 Å². The third-order valence-electron chi connectivity index (χ3n) is 5.81. The van der Waals surface area contributed by atoms with E-state index in [1.807, 2.05) is 42.2 Å². The predicted octanol–water partition coefficient (Wildman–Crippen LogP) is 3.33. The molecule has 1 aliphatic rings. The van der Waals surface area contributed by atoms with Crippen molar-refractivity contribution in [2.75, 3.05) is 27.3 Å². The highest BCUT2D eigenvalue weighted by molar-refractivity contribution is 6.00. The summed E-state index contributed by atoms with van der Waals surface area (Å²) in [7, 11) is 3.20. The highest BCUT2D eigenvalue weighted by Gasteiger charge is 2.31. The van der Waals surface area contributed by atoms with Gasteiger partial charge in [0, 0.05) is 24.7 Å². The van der Waals surface area contributed by atoms with Gasteiger partial charge in [0.05, 0.1) is 25.8 Å². The van der Waals surface area contributed by atoms with Gasteiger partial charge in [0.1, 0.15) is 17.0 Å². The topological polar surface area (TPSA) is 85.3 Å². The van der Waals surface area contributed by atoms with Crippen molar-refractivity contribution >= 4 is 28.0 Å². The summed E-state index contributed by atoms with van der Waals surface area (Å²) in [6.07, 6.45) is 2.65. The van der Waals surface area contributed by atoms with Gasteiger partial charge in [-0.2, -0.15) is 0 Å². The quantitative estimate of drug-likeness (QED) is 0.563. The molecule has 0 radical (unpaired) electrons. The van der Waals surface area contributed by atoms with E-state index in [-0.39, 0.29) is 11.9 Å². The number of fused-ring (bicyclic) bond motifs is 2. The summed E-state index contributed by atoms with van der Waals surface area (Å²) >= 11 is 0. The molecule has 0 spiro atoms. The van der Waals surface area contributed by atoms with E-state index < -0.39 is 0 Å². The second-order valence-electron chi connectivity index (χ2n) is 7.51. The third-order valence-corrected chi connectivity index (χ3v) is 5.81. The molecule has 30 heavy (non-hydrogen) atoms. The predicted molar refractivity (Wildman–Crippen MR) is 113 cm³/mol. The van der Waals surface area contributed by atoms with Gasteiger partial charge in [-0.15, -0.1) is 0 Å². The van der Waals surface area contributed by atoms with Gasteiger partial charge in [-0.3, -0.25) is 4.79 Å². The fraction of sp³-hybridized carbons (Fsp3) is 0.318. The van der Waals surface area contributed by atoms with Crippen molar-refractivity contribution in [2.45, 2.75) is 19.4 Å². The molecule has 0 unspecified atom stereocenters. The van der Waals surface area contributed by atoms with E-state index in [4.69, 9.17) is 9.47 Å². The van der Waals surface area contributed by atoms with Gasteiger partial charge >= 0.3 is 0 Å². The Labute approximate surface area is 173 Å². The average molecular weight is 405 g/mol. The molecule has 0 aliphatic carbocycles. The van der Waals surface area contributed by atoms with Crippen LogP contribution in [0.25, 0.3) is 22.1 Å². The number of likely N-dealkylation sites (tertiary alicyclic amines) is 1. The van der Waals surface area contributed by atoms with Crippen LogP contribution in [0.4, 0.5) is 0 Å². The van der Waals surface area contributed by atoms with Crippen molar-refractivity contribution in [1.29, 1.82) is 0 Å². The van der Waals surface area contributed by atoms with E-state index in [0.717, 1.165) is 34.3 Å². The molecule has 4 aromatic rings. The number of amides is 1. The molecule has 1 amide bonds. The van der Waals surface area contributed by atoms with Gasteiger partial charge in [-0.25, -0.2) is 9.97 Å². The standard InChI is InChI=1S/C22H23N5O3/c1-13-24-17-5-4-9-23-21(17)27(13)14-8-10-26(12-14)22(28)18-11-15-16(25-18)6-7-19(29-2)20(15)30-3/h4-7,9,11,14,25H,8,10,12H2,1-3H3/t14-/m1/s1. The molecule has 1 aliphatic heterocycles. The van der Waals surface area contributed by atoms with E-state index in [2.05, 4.69) is 19.5 Å². The smallest absolute Gasteiger partial charge is 0.270 e. The number of carbonyl (C=O) groups is 1. The average Bonchev–Trinajstić information content (AvgIpc) is 3.47. The van der Waals surface area contributed by atoms with Gasteiger partial charge < -0.3 is 23.9 Å². The van der Waals surface area contributed by atoms with Crippen molar-refractivity contribution in [2.24, 2.45) is 0 Å². The number of rotatable bonds is 4. The second-order valence-corrected chi connectivity index (χ2v) is 7.51. The summed E-state index contributed by atoms with van der Waals surface area (Å²) in [6.45, 7) is 3.30. The van der Waals surface area contributed by atoms with Crippen molar-refractivity contribution in [1.82, 2.24) is 24.4 Å². The van der Waals surface area contributed by atoms with Crippen LogP contribution in [-0.4, -0.2) is 57.6 Å². The number of H-pyrrole nitrogens is 1. The zero-order chi connectivity index (χ0) is 20.8. The summed E-state index contributed by atoms with van der Waals surface area (Å²) in [5.74, 6) is 2.16. The lowest BCUT2D eigenvalue weighted by molar-refractivity contribution is 0.0783. The molecule has 5 rings (SSSR count). The van der Waals surface area contributed by atoms with Crippen LogP contribution in [0.2, 0.25) is 0 Å². The van der Waals surface area contributed by atoms with Crippen LogP contribution < -0.4 is 9.47 Å². The lowest BCUT2D eigenvalue weighted by atomic mass is 10.2. The summed E-state index contributed by atoms with van der Waals surface area (Å²) in [4.78, 5) is 27.4. The van der Waals surface area contributed by atoms with Crippen molar-refractivity contribution in [3.63, 3.8) is 0 Å². The largest absolute Gasteiger partial charge is 0.493 e. The number of aromatic nitrogens is 4. The number of hydrogen-bond donors (Lipinski definition) is 1. The van der Waals surface area contributed by atoms with Crippen LogP contribution in [0.1, 0.15) is 28.8 Å². The lowest BCUT2D eigenvalue weighted by Crippen LogP contribution is -2.29. The fourth-order valence-corrected chi connectivity index (χ4v) is 4.43. The minimum absolute atomic E-state index is 0.0234.